The fourth-order valence-electron chi connectivity index (χ4n) is 3.14. The van der Waals surface area contributed by atoms with Crippen LogP contribution < -0.4 is 16.9 Å². The Morgan fingerprint density at radius 1 is 1.00 bits per heavy atom. The molecule has 5 N–H and O–H groups in total. The average Bonchev–Trinajstić information content (AvgIpc) is 2.70. The van der Waals surface area contributed by atoms with Crippen molar-refractivity contribution in [1.29, 1.82) is 0 Å². The number of hydrazone groups is 1. The number of amidine groups is 1. The standard InChI is InChI=1S/C23H26N6O/c1-14-5-6-19(22(24)28-29(4)25)12-20(14)17-7-9-18(10-8-17)23(30)27-21-13-26-16(3)11-15(21)2/h5-13H,25H2,1-4H3,(H2,24,28)(H,27,30). The Hall–Kier alpha value is -3.71. The van der Waals surface area contributed by atoms with Gasteiger partial charge in [0.05, 0.1) is 11.9 Å². The number of aryl methyl sites for hydroxylation is 3. The number of aromatic nitrogens is 1. The van der Waals surface area contributed by atoms with Gasteiger partial charge in [-0.05, 0) is 67.3 Å². The lowest BCUT2D eigenvalue weighted by Crippen LogP contribution is -2.25. The first-order chi connectivity index (χ1) is 14.2. The second-order valence-electron chi connectivity index (χ2n) is 7.26. The van der Waals surface area contributed by atoms with Gasteiger partial charge in [-0.15, -0.1) is 5.10 Å². The molecule has 0 atom stereocenters. The van der Waals surface area contributed by atoms with Crippen LogP contribution in [0.3, 0.4) is 0 Å². The minimum atomic E-state index is -0.178. The number of hydrogen-bond donors (Lipinski definition) is 3. The molecular weight excluding hydrogens is 376 g/mol. The van der Waals surface area contributed by atoms with Crippen molar-refractivity contribution in [2.45, 2.75) is 20.8 Å². The van der Waals surface area contributed by atoms with Crippen LogP contribution in [-0.2, 0) is 0 Å². The topological polar surface area (TPSA) is 110 Å². The Bertz CT molecular complexity index is 1100. The van der Waals surface area contributed by atoms with E-state index in [1.54, 1.807) is 25.4 Å². The first-order valence-corrected chi connectivity index (χ1v) is 9.53. The molecule has 0 spiro atoms. The highest BCUT2D eigenvalue weighted by molar-refractivity contribution is 6.05. The maximum absolute atomic E-state index is 12.6. The number of carbonyl (C=O) groups excluding carboxylic acids is 1. The monoisotopic (exact) mass is 402 g/mol. The second-order valence-corrected chi connectivity index (χ2v) is 7.26. The summed E-state index contributed by atoms with van der Waals surface area (Å²) < 4.78 is 0. The zero-order valence-corrected chi connectivity index (χ0v) is 17.6. The third-order valence-electron chi connectivity index (χ3n) is 4.75. The summed E-state index contributed by atoms with van der Waals surface area (Å²) >= 11 is 0. The molecule has 0 aliphatic rings. The van der Waals surface area contributed by atoms with Gasteiger partial charge in [0.25, 0.3) is 5.91 Å². The van der Waals surface area contributed by atoms with E-state index in [9.17, 15) is 4.79 Å². The predicted molar refractivity (Wildman–Crippen MR) is 121 cm³/mol. The van der Waals surface area contributed by atoms with Crippen LogP contribution in [-0.4, -0.2) is 28.9 Å². The molecule has 0 unspecified atom stereocenters. The molecule has 7 nitrogen and oxygen atoms in total. The molecule has 7 heteroatoms. The van der Waals surface area contributed by atoms with Gasteiger partial charge in [-0.3, -0.25) is 9.78 Å². The summed E-state index contributed by atoms with van der Waals surface area (Å²) in [5.74, 6) is 5.71. The molecule has 0 saturated heterocycles. The van der Waals surface area contributed by atoms with Crippen LogP contribution in [0.5, 0.6) is 0 Å². The fourth-order valence-corrected chi connectivity index (χ4v) is 3.14. The molecule has 3 aromatic rings. The van der Waals surface area contributed by atoms with Crippen LogP contribution in [0.1, 0.15) is 32.7 Å². The molecule has 0 radical (unpaired) electrons. The van der Waals surface area contributed by atoms with Crippen LogP contribution in [0.25, 0.3) is 11.1 Å². The minimum absolute atomic E-state index is 0.178. The molecule has 2 aromatic carbocycles. The first-order valence-electron chi connectivity index (χ1n) is 9.53. The SMILES string of the molecule is Cc1cc(C)c(NC(=O)c2ccc(-c3cc(/C(N)=N/N(C)N)ccc3C)cc2)cn1. The summed E-state index contributed by atoms with van der Waals surface area (Å²) in [6.45, 7) is 5.89. The van der Waals surface area contributed by atoms with E-state index in [-0.39, 0.29) is 5.91 Å². The third kappa shape index (κ3) is 4.82. The van der Waals surface area contributed by atoms with E-state index in [4.69, 9.17) is 11.6 Å². The summed E-state index contributed by atoms with van der Waals surface area (Å²) in [5, 5.41) is 8.14. The zero-order chi connectivity index (χ0) is 21.8. The smallest absolute Gasteiger partial charge is 0.255 e. The summed E-state index contributed by atoms with van der Waals surface area (Å²) in [6, 6.07) is 15.2. The van der Waals surface area contributed by atoms with Crippen LogP contribution in [0, 0.1) is 20.8 Å². The quantitative estimate of drug-likeness (QED) is 0.262. The summed E-state index contributed by atoms with van der Waals surface area (Å²) in [5.41, 5.74) is 13.0. The number of nitrogens with one attached hydrogen (secondary N) is 1. The van der Waals surface area contributed by atoms with E-state index in [1.165, 1.54) is 5.12 Å². The summed E-state index contributed by atoms with van der Waals surface area (Å²) in [4.78, 5) is 16.9. The number of hydrazine groups is 1. The van der Waals surface area contributed by atoms with Crippen LogP contribution >= 0.6 is 0 Å². The molecular formula is C23H26N6O. The predicted octanol–water partition coefficient (Wildman–Crippen LogP) is 3.35. The molecule has 0 bridgehead atoms. The Kier molecular flexibility index (Phi) is 6.13. The largest absolute Gasteiger partial charge is 0.382 e. The highest BCUT2D eigenvalue weighted by Crippen LogP contribution is 2.25. The van der Waals surface area contributed by atoms with Crippen molar-refractivity contribution < 1.29 is 4.79 Å². The molecule has 1 aromatic heterocycles. The maximum atomic E-state index is 12.6. The number of carbonyl (C=O) groups is 1. The molecule has 0 aliphatic heterocycles. The van der Waals surface area contributed by atoms with Crippen molar-refractivity contribution in [3.8, 4) is 11.1 Å². The number of benzene rings is 2. The molecule has 3 rings (SSSR count). The fraction of sp³-hybridized carbons (Fsp3) is 0.174. The maximum Gasteiger partial charge on any atom is 0.255 e. The molecule has 0 aliphatic carbocycles. The Morgan fingerprint density at radius 2 is 1.67 bits per heavy atom. The van der Waals surface area contributed by atoms with Gasteiger partial charge in [0, 0.05) is 23.9 Å². The molecule has 1 amide bonds. The van der Waals surface area contributed by atoms with Gasteiger partial charge in [0.15, 0.2) is 5.84 Å². The van der Waals surface area contributed by atoms with Crippen molar-refractivity contribution in [1.82, 2.24) is 10.1 Å². The van der Waals surface area contributed by atoms with Gasteiger partial charge in [-0.1, -0.05) is 24.3 Å². The number of amides is 1. The van der Waals surface area contributed by atoms with E-state index >= 15 is 0 Å². The normalized spacial score (nSPS) is 11.3. The molecule has 0 saturated carbocycles. The number of nitrogens with two attached hydrogens (primary N) is 2. The van der Waals surface area contributed by atoms with Crippen molar-refractivity contribution in [3.05, 3.63) is 82.7 Å². The Balaban J connectivity index is 1.84. The molecule has 30 heavy (non-hydrogen) atoms. The van der Waals surface area contributed by atoms with Crippen LogP contribution in [0.2, 0.25) is 0 Å². The average molecular weight is 403 g/mol. The molecule has 1 heterocycles. The lowest BCUT2D eigenvalue weighted by Gasteiger charge is -2.12. The van der Waals surface area contributed by atoms with Crippen molar-refractivity contribution in [2.24, 2.45) is 16.7 Å². The second kappa shape index (κ2) is 8.75. The number of anilines is 1. The molecule has 154 valence electrons. The van der Waals surface area contributed by atoms with E-state index in [2.05, 4.69) is 15.4 Å². The third-order valence-corrected chi connectivity index (χ3v) is 4.75. The summed E-state index contributed by atoms with van der Waals surface area (Å²) in [6.07, 6.45) is 1.68. The van der Waals surface area contributed by atoms with E-state index < -0.39 is 0 Å². The van der Waals surface area contributed by atoms with Crippen molar-refractivity contribution in [2.75, 3.05) is 12.4 Å². The highest BCUT2D eigenvalue weighted by Gasteiger charge is 2.11. The number of hydrogen-bond acceptors (Lipinski definition) is 5. The van der Waals surface area contributed by atoms with Gasteiger partial charge >= 0.3 is 0 Å². The zero-order valence-electron chi connectivity index (χ0n) is 17.6. The number of rotatable bonds is 5. The minimum Gasteiger partial charge on any atom is -0.382 e. The first kappa shape index (κ1) is 21.0. The van der Waals surface area contributed by atoms with Gasteiger partial charge in [-0.2, -0.15) is 0 Å². The Morgan fingerprint density at radius 3 is 2.30 bits per heavy atom. The van der Waals surface area contributed by atoms with Crippen molar-refractivity contribution >= 4 is 17.4 Å². The van der Waals surface area contributed by atoms with E-state index in [0.717, 1.165) is 33.5 Å². The lowest BCUT2D eigenvalue weighted by molar-refractivity contribution is 0.102. The van der Waals surface area contributed by atoms with Gasteiger partial charge in [0.2, 0.25) is 0 Å². The van der Waals surface area contributed by atoms with Crippen LogP contribution in [0.15, 0.2) is 59.8 Å². The number of pyridine rings is 1. The van der Waals surface area contributed by atoms with Crippen LogP contribution in [0.4, 0.5) is 5.69 Å². The van der Waals surface area contributed by atoms with Gasteiger partial charge in [0.1, 0.15) is 0 Å². The number of nitrogens with zero attached hydrogens (tertiary/aromatic N) is 3. The van der Waals surface area contributed by atoms with E-state index in [0.29, 0.717) is 17.1 Å². The highest BCUT2D eigenvalue weighted by atomic mass is 16.1. The van der Waals surface area contributed by atoms with E-state index in [1.807, 2.05) is 57.2 Å². The van der Waals surface area contributed by atoms with Gasteiger partial charge < -0.3 is 11.1 Å². The lowest BCUT2D eigenvalue weighted by atomic mass is 9.97. The Labute approximate surface area is 176 Å². The van der Waals surface area contributed by atoms with Crippen molar-refractivity contribution in [3.63, 3.8) is 0 Å². The summed E-state index contributed by atoms with van der Waals surface area (Å²) in [7, 11) is 1.61. The van der Waals surface area contributed by atoms with Gasteiger partial charge in [-0.25, -0.2) is 11.0 Å². The molecule has 0 fully saturated rings.